The summed E-state index contributed by atoms with van der Waals surface area (Å²) in [6.45, 7) is 0. The van der Waals surface area contributed by atoms with Gasteiger partial charge in [0.1, 0.15) is 0 Å². The van der Waals surface area contributed by atoms with E-state index in [4.69, 9.17) is 0 Å². The normalized spacial score (nSPS) is 11.7. The number of aromatic nitrogens is 1. The van der Waals surface area contributed by atoms with E-state index in [0.29, 0.717) is 0 Å². The van der Waals surface area contributed by atoms with Crippen molar-refractivity contribution in [1.82, 2.24) is 4.57 Å². The Labute approximate surface area is 249 Å². The van der Waals surface area contributed by atoms with E-state index < -0.39 is 0 Å². The van der Waals surface area contributed by atoms with Crippen molar-refractivity contribution >= 4 is 54.1 Å². The van der Waals surface area contributed by atoms with E-state index >= 15 is 0 Å². The Morgan fingerprint density at radius 2 is 0.698 bits per heavy atom. The van der Waals surface area contributed by atoms with Crippen molar-refractivity contribution in [2.45, 2.75) is 0 Å². The lowest BCUT2D eigenvalue weighted by molar-refractivity contribution is 1.18. The summed E-state index contributed by atoms with van der Waals surface area (Å²) in [5.41, 5.74) is 8.51. The average molecular weight is 546 g/mol. The van der Waals surface area contributed by atoms with Crippen LogP contribution in [0, 0.1) is 0 Å². The van der Waals surface area contributed by atoms with Crippen molar-refractivity contribution in [3.05, 3.63) is 164 Å². The highest BCUT2D eigenvalue weighted by Gasteiger charge is 2.15. The molecule has 0 aliphatic heterocycles. The van der Waals surface area contributed by atoms with E-state index in [-0.39, 0.29) is 0 Å². The minimum Gasteiger partial charge on any atom is -0.309 e. The maximum absolute atomic E-state index is 2.41. The molecule has 0 aliphatic rings. The van der Waals surface area contributed by atoms with Crippen molar-refractivity contribution in [3.63, 3.8) is 0 Å². The molecule has 1 aromatic heterocycles. The fraction of sp³-hybridized carbons (Fsp3) is 0. The molecule has 0 aliphatic carbocycles. The number of rotatable bonds is 3. The summed E-state index contributed by atoms with van der Waals surface area (Å²) in [5.74, 6) is 0. The molecule has 9 rings (SSSR count). The third kappa shape index (κ3) is 3.72. The zero-order valence-corrected chi connectivity index (χ0v) is 23.5. The molecular weight excluding hydrogens is 518 g/mol. The maximum Gasteiger partial charge on any atom is 0.0547 e. The molecule has 9 aromatic rings. The van der Waals surface area contributed by atoms with Crippen molar-refractivity contribution in [2.24, 2.45) is 0 Å². The Hall–Kier alpha value is -5.66. The van der Waals surface area contributed by atoms with Crippen LogP contribution in [0.4, 0.5) is 0 Å². The topological polar surface area (TPSA) is 4.93 Å². The molecular formula is C42H27N. The number of fused-ring (bicyclic) bond motifs is 9. The predicted octanol–water partition coefficient (Wildman–Crippen LogP) is 11.6. The van der Waals surface area contributed by atoms with E-state index in [9.17, 15) is 0 Å². The third-order valence-electron chi connectivity index (χ3n) is 8.98. The molecule has 0 saturated heterocycles. The van der Waals surface area contributed by atoms with E-state index in [1.165, 1.54) is 82.1 Å². The van der Waals surface area contributed by atoms with Crippen LogP contribution in [-0.4, -0.2) is 4.57 Å². The van der Waals surface area contributed by atoms with Gasteiger partial charge in [0.15, 0.2) is 0 Å². The van der Waals surface area contributed by atoms with Gasteiger partial charge in [-0.25, -0.2) is 0 Å². The Morgan fingerprint density at radius 1 is 0.256 bits per heavy atom. The van der Waals surface area contributed by atoms with Gasteiger partial charge >= 0.3 is 0 Å². The molecule has 200 valence electrons. The second-order valence-corrected chi connectivity index (χ2v) is 11.3. The molecule has 1 nitrogen and oxygen atoms in total. The monoisotopic (exact) mass is 545 g/mol. The molecule has 0 bridgehead atoms. The van der Waals surface area contributed by atoms with Gasteiger partial charge in [-0.15, -0.1) is 0 Å². The second-order valence-electron chi connectivity index (χ2n) is 11.3. The van der Waals surface area contributed by atoms with Crippen LogP contribution in [0.3, 0.4) is 0 Å². The maximum atomic E-state index is 2.41. The van der Waals surface area contributed by atoms with Gasteiger partial charge in [0.2, 0.25) is 0 Å². The minimum atomic E-state index is 1.17. The predicted molar refractivity (Wildman–Crippen MR) is 184 cm³/mol. The molecule has 1 heterocycles. The van der Waals surface area contributed by atoms with Gasteiger partial charge in [0.25, 0.3) is 0 Å². The number of para-hydroxylation sites is 1. The molecule has 0 fully saturated rings. The number of hydrogen-bond donors (Lipinski definition) is 0. The fourth-order valence-electron chi connectivity index (χ4n) is 6.95. The molecule has 0 atom stereocenters. The van der Waals surface area contributed by atoms with Gasteiger partial charge in [0, 0.05) is 16.5 Å². The lowest BCUT2D eigenvalue weighted by atomic mass is 9.92. The van der Waals surface area contributed by atoms with Crippen LogP contribution in [0.5, 0.6) is 0 Å². The summed E-state index contributed by atoms with van der Waals surface area (Å²) in [4.78, 5) is 0. The number of benzene rings is 8. The van der Waals surface area contributed by atoms with E-state index in [1.54, 1.807) is 0 Å². The molecule has 0 radical (unpaired) electrons. The zero-order valence-electron chi connectivity index (χ0n) is 23.5. The van der Waals surface area contributed by atoms with Gasteiger partial charge < -0.3 is 4.57 Å². The van der Waals surface area contributed by atoms with Crippen LogP contribution in [0.25, 0.3) is 82.1 Å². The number of hydrogen-bond acceptors (Lipinski definition) is 0. The van der Waals surface area contributed by atoms with Gasteiger partial charge in [-0.3, -0.25) is 0 Å². The quantitative estimate of drug-likeness (QED) is 0.195. The van der Waals surface area contributed by atoms with Crippen LogP contribution in [0.2, 0.25) is 0 Å². The van der Waals surface area contributed by atoms with E-state index in [2.05, 4.69) is 168 Å². The van der Waals surface area contributed by atoms with Crippen LogP contribution in [0.15, 0.2) is 164 Å². The summed E-state index contributed by atoms with van der Waals surface area (Å²) in [6, 6.07) is 59.7. The first kappa shape index (κ1) is 24.0. The van der Waals surface area contributed by atoms with Crippen molar-refractivity contribution in [1.29, 1.82) is 0 Å². The van der Waals surface area contributed by atoms with Crippen LogP contribution in [0.1, 0.15) is 0 Å². The summed E-state index contributed by atoms with van der Waals surface area (Å²) in [7, 11) is 0. The number of nitrogens with zero attached hydrogens (tertiary/aromatic N) is 1. The van der Waals surface area contributed by atoms with Crippen LogP contribution >= 0.6 is 0 Å². The van der Waals surface area contributed by atoms with E-state index in [0.717, 1.165) is 0 Å². The molecule has 0 amide bonds. The Kier molecular flexibility index (Phi) is 5.27. The SMILES string of the molecule is c1ccc(-c2ccc(-n3c4ccccc4c4ccc(-c5ccc6c7ccccc7c7ccccc7c6c5)cc43)cc2)cc1. The largest absolute Gasteiger partial charge is 0.309 e. The van der Waals surface area contributed by atoms with Crippen molar-refractivity contribution in [2.75, 3.05) is 0 Å². The van der Waals surface area contributed by atoms with Crippen molar-refractivity contribution < 1.29 is 0 Å². The lowest BCUT2D eigenvalue weighted by Gasteiger charge is -2.13. The first-order chi connectivity index (χ1) is 21.3. The molecule has 0 unspecified atom stereocenters. The Balaban J connectivity index is 1.26. The first-order valence-corrected chi connectivity index (χ1v) is 14.9. The zero-order chi connectivity index (χ0) is 28.3. The summed E-state index contributed by atoms with van der Waals surface area (Å²) in [6.07, 6.45) is 0. The highest BCUT2D eigenvalue weighted by Crippen LogP contribution is 2.39. The standard InChI is InChI=1S/C42H27N/c1-2-10-28(11-3-1)29-18-22-32(23-19-29)43-41-17-9-8-16-38(41)39-25-21-31(27-42(39)43)30-20-24-37-35-14-5-4-12-33(35)34-13-6-7-15-36(34)40(37)26-30/h1-27H. The lowest BCUT2D eigenvalue weighted by Crippen LogP contribution is -1.94. The first-order valence-electron chi connectivity index (χ1n) is 14.9. The molecule has 0 spiro atoms. The third-order valence-corrected chi connectivity index (χ3v) is 8.98. The van der Waals surface area contributed by atoms with Gasteiger partial charge in [0.05, 0.1) is 11.0 Å². The molecule has 8 aromatic carbocycles. The summed E-state index contributed by atoms with van der Waals surface area (Å²) in [5, 5.41) is 10.3. The fourth-order valence-corrected chi connectivity index (χ4v) is 6.95. The highest BCUT2D eigenvalue weighted by atomic mass is 15.0. The average Bonchev–Trinajstić information content (AvgIpc) is 3.42. The van der Waals surface area contributed by atoms with Crippen LogP contribution in [-0.2, 0) is 0 Å². The van der Waals surface area contributed by atoms with E-state index in [1.807, 2.05) is 0 Å². The molecule has 0 N–H and O–H groups in total. The minimum absolute atomic E-state index is 1.17. The van der Waals surface area contributed by atoms with Crippen molar-refractivity contribution in [3.8, 4) is 27.9 Å². The van der Waals surface area contributed by atoms with Gasteiger partial charge in [-0.1, -0.05) is 133 Å². The molecule has 1 heteroatoms. The summed E-state index contributed by atoms with van der Waals surface area (Å²) < 4.78 is 2.41. The highest BCUT2D eigenvalue weighted by molar-refractivity contribution is 6.25. The molecule has 0 saturated carbocycles. The second kappa shape index (κ2) is 9.44. The van der Waals surface area contributed by atoms with Gasteiger partial charge in [-0.2, -0.15) is 0 Å². The molecule has 43 heavy (non-hydrogen) atoms. The van der Waals surface area contributed by atoms with Gasteiger partial charge in [-0.05, 0) is 84.9 Å². The van der Waals surface area contributed by atoms with Crippen LogP contribution < -0.4 is 0 Å². The summed E-state index contributed by atoms with van der Waals surface area (Å²) >= 11 is 0. The Bertz CT molecular complexity index is 2450. The smallest absolute Gasteiger partial charge is 0.0547 e. The Morgan fingerprint density at radius 3 is 1.37 bits per heavy atom.